The summed E-state index contributed by atoms with van der Waals surface area (Å²) < 4.78 is 0. The molecule has 0 N–H and O–H groups in total. The van der Waals surface area contributed by atoms with Crippen LogP contribution in [0.2, 0.25) is 0 Å². The number of hydrogen-bond donors (Lipinski definition) is 0. The Kier molecular flexibility index (Phi) is 5.94. The van der Waals surface area contributed by atoms with Crippen molar-refractivity contribution in [1.29, 1.82) is 0 Å². The van der Waals surface area contributed by atoms with Crippen molar-refractivity contribution in [3.63, 3.8) is 0 Å². The van der Waals surface area contributed by atoms with Crippen LogP contribution in [-0.2, 0) is 6.42 Å². The van der Waals surface area contributed by atoms with Crippen molar-refractivity contribution in [2.24, 2.45) is 0 Å². The molecule has 0 spiro atoms. The normalized spacial score (nSPS) is 13.9. The maximum Gasteiger partial charge on any atom is -0.00130 e. The topological polar surface area (TPSA) is 0 Å². The van der Waals surface area contributed by atoms with E-state index < -0.39 is 0 Å². The highest BCUT2D eigenvalue weighted by Crippen LogP contribution is 2.40. The van der Waals surface area contributed by atoms with Crippen LogP contribution in [-0.4, -0.2) is 0 Å². The highest BCUT2D eigenvalue weighted by molar-refractivity contribution is 5.82. The van der Waals surface area contributed by atoms with Crippen LogP contribution in [0.3, 0.4) is 0 Å². The lowest BCUT2D eigenvalue weighted by Crippen LogP contribution is -1.91. The highest BCUT2D eigenvalue weighted by Gasteiger charge is 2.19. The fourth-order valence-corrected chi connectivity index (χ4v) is 5.05. The number of fused-ring (bicyclic) bond motifs is 3. The molecule has 4 aromatic rings. The molecule has 0 aromatic heterocycles. The van der Waals surface area contributed by atoms with Crippen molar-refractivity contribution < 1.29 is 0 Å². The zero-order valence-electron chi connectivity index (χ0n) is 20.4. The van der Waals surface area contributed by atoms with E-state index >= 15 is 0 Å². The molecule has 5 rings (SSSR count). The molecule has 0 aliphatic heterocycles. The van der Waals surface area contributed by atoms with Gasteiger partial charge in [-0.2, -0.15) is 0 Å². The van der Waals surface area contributed by atoms with E-state index in [1.165, 1.54) is 68.5 Å². The van der Waals surface area contributed by atoms with E-state index in [1.54, 1.807) is 0 Å². The monoisotopic (exact) mass is 430 g/mol. The molecule has 0 heteroatoms. The molecular weight excluding hydrogens is 396 g/mol. The lowest BCUT2D eigenvalue weighted by Gasteiger charge is -2.11. The van der Waals surface area contributed by atoms with Gasteiger partial charge in [0.15, 0.2) is 0 Å². The summed E-state index contributed by atoms with van der Waals surface area (Å²) in [5.74, 6) is 1.24. The molecule has 4 aromatic carbocycles. The third-order valence-corrected chi connectivity index (χ3v) is 7.73. The van der Waals surface area contributed by atoms with E-state index in [4.69, 9.17) is 0 Å². The van der Waals surface area contributed by atoms with Crippen LogP contribution >= 0.6 is 0 Å². The van der Waals surface area contributed by atoms with Crippen LogP contribution in [0.4, 0.5) is 0 Å². The van der Waals surface area contributed by atoms with Crippen LogP contribution in [0.15, 0.2) is 84.9 Å². The largest absolute Gasteiger partial charge is 0.0648 e. The lowest BCUT2D eigenvalue weighted by atomic mass is 9.94. The fourth-order valence-electron chi connectivity index (χ4n) is 5.05. The number of hydrogen-bond acceptors (Lipinski definition) is 0. The third kappa shape index (κ3) is 4.15. The molecule has 0 heterocycles. The summed E-state index contributed by atoms with van der Waals surface area (Å²) in [6.45, 7) is 9.11. The lowest BCUT2D eigenvalue weighted by molar-refractivity contribution is 0.734. The van der Waals surface area contributed by atoms with Gasteiger partial charge in [0.05, 0.1) is 0 Å². The minimum absolute atomic E-state index is 0.619. The predicted molar refractivity (Wildman–Crippen MR) is 143 cm³/mol. The maximum absolute atomic E-state index is 2.40. The maximum atomic E-state index is 2.40. The van der Waals surface area contributed by atoms with Gasteiger partial charge in [0.25, 0.3) is 0 Å². The molecule has 0 saturated heterocycles. The Bertz CT molecular complexity index is 1160. The smallest absolute Gasteiger partial charge is 0.00130 e. The molecule has 0 bridgehead atoms. The second-order valence-corrected chi connectivity index (χ2v) is 9.78. The molecule has 166 valence electrons. The molecule has 0 saturated carbocycles. The summed E-state index contributed by atoms with van der Waals surface area (Å²) in [6.07, 6.45) is 3.38. The van der Waals surface area contributed by atoms with Gasteiger partial charge in [0, 0.05) is 0 Å². The number of rotatable bonds is 6. The molecule has 0 amide bonds. The van der Waals surface area contributed by atoms with Crippen LogP contribution in [0, 0.1) is 0 Å². The SMILES string of the molecule is CCC(C)c1ccc(-c2ccc3c(c2)Cc2cc(-c4ccc(C(C)CC)cc4)ccc2-3)cc1. The minimum Gasteiger partial charge on any atom is -0.0648 e. The molecule has 1 aliphatic rings. The Hall–Kier alpha value is -3.12. The average molecular weight is 431 g/mol. The first-order valence-corrected chi connectivity index (χ1v) is 12.5. The highest BCUT2D eigenvalue weighted by atomic mass is 14.2. The average Bonchev–Trinajstić information content (AvgIpc) is 3.25. The van der Waals surface area contributed by atoms with Gasteiger partial charge in [-0.15, -0.1) is 0 Å². The zero-order chi connectivity index (χ0) is 22.9. The summed E-state index contributed by atoms with van der Waals surface area (Å²) in [6, 6.07) is 32.3. The van der Waals surface area contributed by atoms with Gasteiger partial charge in [-0.05, 0) is 86.7 Å². The van der Waals surface area contributed by atoms with E-state index in [9.17, 15) is 0 Å². The molecule has 2 atom stereocenters. The Morgan fingerprint density at radius 2 is 0.879 bits per heavy atom. The van der Waals surface area contributed by atoms with Crippen molar-refractivity contribution in [2.45, 2.75) is 58.8 Å². The van der Waals surface area contributed by atoms with Gasteiger partial charge >= 0.3 is 0 Å². The van der Waals surface area contributed by atoms with Crippen LogP contribution < -0.4 is 0 Å². The van der Waals surface area contributed by atoms with E-state index in [0.717, 1.165) is 6.42 Å². The van der Waals surface area contributed by atoms with Crippen LogP contribution in [0.25, 0.3) is 33.4 Å². The van der Waals surface area contributed by atoms with Crippen molar-refractivity contribution in [2.75, 3.05) is 0 Å². The van der Waals surface area contributed by atoms with Crippen LogP contribution in [0.5, 0.6) is 0 Å². The standard InChI is InChI=1S/C33H34/c1-5-22(3)24-7-11-26(12-8-24)28-15-17-32-30(19-28)21-31-20-29(16-18-33(31)32)27-13-9-25(10-14-27)23(4)6-2/h7-20,22-23H,5-6,21H2,1-4H3. The van der Waals surface area contributed by atoms with Crippen molar-refractivity contribution in [3.8, 4) is 33.4 Å². The van der Waals surface area contributed by atoms with Crippen LogP contribution in [0.1, 0.15) is 74.6 Å². The van der Waals surface area contributed by atoms with E-state index in [-0.39, 0.29) is 0 Å². The molecule has 0 nitrogen and oxygen atoms in total. The quantitative estimate of drug-likeness (QED) is 0.251. The van der Waals surface area contributed by atoms with Gasteiger partial charge in [-0.1, -0.05) is 113 Å². The molecule has 2 unspecified atom stereocenters. The Labute approximate surface area is 199 Å². The summed E-state index contributed by atoms with van der Waals surface area (Å²) in [5, 5.41) is 0. The van der Waals surface area contributed by atoms with E-state index in [1.807, 2.05) is 0 Å². The minimum atomic E-state index is 0.619. The first-order chi connectivity index (χ1) is 16.1. The first kappa shape index (κ1) is 21.7. The summed E-state index contributed by atoms with van der Waals surface area (Å²) in [4.78, 5) is 0. The second-order valence-electron chi connectivity index (χ2n) is 9.78. The summed E-state index contributed by atoms with van der Waals surface area (Å²) in [5.41, 5.74) is 13.8. The van der Waals surface area contributed by atoms with Gasteiger partial charge in [0.2, 0.25) is 0 Å². The van der Waals surface area contributed by atoms with E-state index in [0.29, 0.717) is 11.8 Å². The molecule has 33 heavy (non-hydrogen) atoms. The Morgan fingerprint density at radius 3 is 1.24 bits per heavy atom. The van der Waals surface area contributed by atoms with Gasteiger partial charge in [-0.25, -0.2) is 0 Å². The number of benzene rings is 4. The summed E-state index contributed by atoms with van der Waals surface area (Å²) in [7, 11) is 0. The van der Waals surface area contributed by atoms with Gasteiger partial charge in [0.1, 0.15) is 0 Å². The Morgan fingerprint density at radius 1 is 0.515 bits per heavy atom. The van der Waals surface area contributed by atoms with Crippen molar-refractivity contribution in [3.05, 3.63) is 107 Å². The zero-order valence-corrected chi connectivity index (χ0v) is 20.4. The Balaban J connectivity index is 1.40. The first-order valence-electron chi connectivity index (χ1n) is 12.5. The van der Waals surface area contributed by atoms with Gasteiger partial charge in [-0.3, -0.25) is 0 Å². The third-order valence-electron chi connectivity index (χ3n) is 7.73. The second kappa shape index (κ2) is 9.02. The van der Waals surface area contributed by atoms with Crippen molar-refractivity contribution in [1.82, 2.24) is 0 Å². The predicted octanol–water partition coefficient (Wildman–Crippen LogP) is 9.62. The van der Waals surface area contributed by atoms with Crippen molar-refractivity contribution >= 4 is 0 Å². The fraction of sp³-hybridized carbons (Fsp3) is 0.273. The molecule has 0 fully saturated rings. The molecular formula is C33H34. The molecule has 1 aliphatic carbocycles. The summed E-state index contributed by atoms with van der Waals surface area (Å²) >= 11 is 0. The van der Waals surface area contributed by atoms with E-state index in [2.05, 4.69) is 113 Å². The van der Waals surface area contributed by atoms with Gasteiger partial charge < -0.3 is 0 Å². The molecule has 0 radical (unpaired) electrons.